The molecule has 2 unspecified atom stereocenters. The predicted molar refractivity (Wildman–Crippen MR) is 44.0 cm³/mol. The lowest BCUT2D eigenvalue weighted by molar-refractivity contribution is 0.0905. The molecule has 4 heteroatoms. The third kappa shape index (κ3) is 2.60. The molecule has 0 amide bonds. The van der Waals surface area contributed by atoms with Gasteiger partial charge in [0.1, 0.15) is 0 Å². The van der Waals surface area contributed by atoms with E-state index in [1.54, 1.807) is 11.8 Å². The monoisotopic (exact) mass is 181 g/mol. The molecule has 1 aliphatic rings. The fraction of sp³-hybridized carbons (Fsp3) is 1.00. The van der Waals surface area contributed by atoms with Crippen molar-refractivity contribution in [1.82, 2.24) is 0 Å². The second-order valence-corrected chi connectivity index (χ2v) is 4.04. The van der Waals surface area contributed by atoms with E-state index >= 15 is 0 Å². The van der Waals surface area contributed by atoms with Crippen molar-refractivity contribution in [3.8, 4) is 0 Å². The minimum absolute atomic E-state index is 0.0359. The molecular weight excluding hydrogens is 168 g/mol. The molecule has 0 radical (unpaired) electrons. The maximum Gasteiger partial charge on any atom is 0.253 e. The van der Waals surface area contributed by atoms with E-state index in [1.165, 1.54) is 0 Å². The van der Waals surface area contributed by atoms with Crippen LogP contribution in [0.3, 0.4) is 0 Å². The number of hydrogen-bond donors (Lipinski definition) is 1. The zero-order valence-electron chi connectivity index (χ0n) is 6.30. The Kier molecular flexibility index (Phi) is 3.59. The van der Waals surface area contributed by atoms with Crippen molar-refractivity contribution >= 4 is 11.8 Å². The molecule has 2 atom stereocenters. The van der Waals surface area contributed by atoms with Crippen molar-refractivity contribution in [2.24, 2.45) is 11.7 Å². The van der Waals surface area contributed by atoms with Gasteiger partial charge in [0, 0.05) is 0 Å². The molecule has 0 saturated carbocycles. The quantitative estimate of drug-likeness (QED) is 0.702. The zero-order valence-corrected chi connectivity index (χ0v) is 7.12. The summed E-state index contributed by atoms with van der Waals surface area (Å²) in [6, 6.07) is -0.900. The minimum Gasteiger partial charge on any atom is -0.323 e. The van der Waals surface area contributed by atoms with Gasteiger partial charge >= 0.3 is 0 Å². The van der Waals surface area contributed by atoms with Gasteiger partial charge in [-0.1, -0.05) is 0 Å². The van der Waals surface area contributed by atoms with E-state index in [1.807, 2.05) is 0 Å². The molecule has 1 aliphatic heterocycles. The lowest BCUT2D eigenvalue weighted by atomic mass is 9.97. The molecule has 1 rings (SSSR count). The molecule has 0 bridgehead atoms. The third-order valence-corrected chi connectivity index (χ3v) is 3.27. The van der Waals surface area contributed by atoms with Gasteiger partial charge < -0.3 is 5.73 Å². The summed E-state index contributed by atoms with van der Waals surface area (Å²) in [6.45, 7) is 0. The summed E-state index contributed by atoms with van der Waals surface area (Å²) in [5, 5.41) is 0. The maximum atomic E-state index is 12.1. The summed E-state index contributed by atoms with van der Waals surface area (Å²) in [7, 11) is 0. The largest absolute Gasteiger partial charge is 0.323 e. The molecular formula is C7H13F2NS. The van der Waals surface area contributed by atoms with Gasteiger partial charge in [0.05, 0.1) is 6.04 Å². The zero-order chi connectivity index (χ0) is 8.27. The fourth-order valence-electron chi connectivity index (χ4n) is 1.27. The van der Waals surface area contributed by atoms with Gasteiger partial charge in [0.2, 0.25) is 0 Å². The van der Waals surface area contributed by atoms with Crippen LogP contribution in [0.4, 0.5) is 8.78 Å². The van der Waals surface area contributed by atoms with Crippen molar-refractivity contribution in [3.63, 3.8) is 0 Å². The van der Waals surface area contributed by atoms with Gasteiger partial charge in [-0.3, -0.25) is 0 Å². The van der Waals surface area contributed by atoms with Gasteiger partial charge in [-0.25, -0.2) is 8.78 Å². The first-order valence-corrected chi connectivity index (χ1v) is 4.98. The lowest BCUT2D eigenvalue weighted by Crippen LogP contribution is -2.39. The van der Waals surface area contributed by atoms with Crippen molar-refractivity contribution < 1.29 is 8.78 Å². The number of rotatable bonds is 2. The lowest BCUT2D eigenvalue weighted by Gasteiger charge is -2.26. The summed E-state index contributed by atoms with van der Waals surface area (Å²) in [4.78, 5) is 0. The Morgan fingerprint density at radius 2 is 2.18 bits per heavy atom. The average Bonchev–Trinajstić information content (AvgIpc) is 2.05. The summed E-state index contributed by atoms with van der Waals surface area (Å²) < 4.78 is 24.2. The average molecular weight is 181 g/mol. The van der Waals surface area contributed by atoms with Crippen molar-refractivity contribution in [3.05, 3.63) is 0 Å². The van der Waals surface area contributed by atoms with E-state index in [-0.39, 0.29) is 5.92 Å². The molecule has 1 heterocycles. The maximum absolute atomic E-state index is 12.1. The normalized spacial score (nSPS) is 28.9. The molecule has 0 spiro atoms. The predicted octanol–water partition coefficient (Wildman–Crippen LogP) is 1.72. The molecule has 0 aromatic heterocycles. The highest BCUT2D eigenvalue weighted by Gasteiger charge is 2.27. The Balaban J connectivity index is 2.32. The Morgan fingerprint density at radius 3 is 2.64 bits per heavy atom. The fourth-order valence-corrected chi connectivity index (χ4v) is 2.50. The van der Waals surface area contributed by atoms with Crippen molar-refractivity contribution in [2.45, 2.75) is 25.3 Å². The van der Waals surface area contributed by atoms with E-state index in [9.17, 15) is 8.78 Å². The van der Waals surface area contributed by atoms with E-state index in [0.29, 0.717) is 0 Å². The smallest absolute Gasteiger partial charge is 0.253 e. The first kappa shape index (κ1) is 9.26. The number of nitrogens with two attached hydrogens (primary N) is 1. The van der Waals surface area contributed by atoms with Gasteiger partial charge in [0.15, 0.2) is 0 Å². The van der Waals surface area contributed by atoms with Gasteiger partial charge in [-0.2, -0.15) is 11.8 Å². The standard InChI is InChI=1S/C7H13F2NS/c8-7(9)6(10)5-2-1-3-11-4-5/h5-7H,1-4,10H2. The molecule has 0 aromatic rings. The Labute approximate surface area is 69.7 Å². The number of halogens is 2. The molecule has 1 nitrogen and oxygen atoms in total. The van der Waals surface area contributed by atoms with Crippen LogP contribution in [0.25, 0.3) is 0 Å². The van der Waals surface area contributed by atoms with Crippen LogP contribution in [0.2, 0.25) is 0 Å². The van der Waals surface area contributed by atoms with Crippen molar-refractivity contribution in [2.75, 3.05) is 11.5 Å². The van der Waals surface area contributed by atoms with Crippen LogP contribution < -0.4 is 5.73 Å². The molecule has 0 aliphatic carbocycles. The van der Waals surface area contributed by atoms with Crippen LogP contribution in [-0.4, -0.2) is 24.0 Å². The second-order valence-electron chi connectivity index (χ2n) is 2.89. The Hall–Kier alpha value is 0.170. The highest BCUT2D eigenvalue weighted by Crippen LogP contribution is 2.26. The highest BCUT2D eigenvalue weighted by molar-refractivity contribution is 7.99. The van der Waals surface area contributed by atoms with E-state index in [0.717, 1.165) is 24.3 Å². The van der Waals surface area contributed by atoms with E-state index in [2.05, 4.69) is 0 Å². The van der Waals surface area contributed by atoms with E-state index < -0.39 is 12.5 Å². The number of alkyl halides is 2. The summed E-state index contributed by atoms with van der Waals surface area (Å²) in [6.07, 6.45) is -0.437. The summed E-state index contributed by atoms with van der Waals surface area (Å²) >= 11 is 1.74. The van der Waals surface area contributed by atoms with Crippen LogP contribution in [-0.2, 0) is 0 Å². The molecule has 1 fully saturated rings. The molecule has 11 heavy (non-hydrogen) atoms. The van der Waals surface area contributed by atoms with Crippen LogP contribution in [0.1, 0.15) is 12.8 Å². The molecule has 0 aromatic carbocycles. The Morgan fingerprint density at radius 1 is 1.45 bits per heavy atom. The summed E-state index contributed by atoms with van der Waals surface area (Å²) in [5.41, 5.74) is 5.33. The second kappa shape index (κ2) is 4.26. The SMILES string of the molecule is NC(C(F)F)C1CCCSC1. The molecule has 1 saturated heterocycles. The molecule has 66 valence electrons. The first-order valence-electron chi connectivity index (χ1n) is 3.83. The Bertz CT molecular complexity index is 115. The first-order chi connectivity index (χ1) is 5.22. The van der Waals surface area contributed by atoms with Crippen molar-refractivity contribution in [1.29, 1.82) is 0 Å². The van der Waals surface area contributed by atoms with Gasteiger partial charge in [-0.05, 0) is 30.3 Å². The third-order valence-electron chi connectivity index (χ3n) is 2.03. The molecule has 2 N–H and O–H groups in total. The van der Waals surface area contributed by atoms with Gasteiger partial charge in [0.25, 0.3) is 6.43 Å². The van der Waals surface area contributed by atoms with Crippen LogP contribution >= 0.6 is 11.8 Å². The highest BCUT2D eigenvalue weighted by atomic mass is 32.2. The van der Waals surface area contributed by atoms with Crippen LogP contribution in [0, 0.1) is 5.92 Å². The number of thioether (sulfide) groups is 1. The van der Waals surface area contributed by atoms with E-state index in [4.69, 9.17) is 5.73 Å². The van der Waals surface area contributed by atoms with Gasteiger partial charge in [-0.15, -0.1) is 0 Å². The minimum atomic E-state index is -2.35. The number of hydrogen-bond acceptors (Lipinski definition) is 2. The van der Waals surface area contributed by atoms with Crippen LogP contribution in [0.5, 0.6) is 0 Å². The summed E-state index contributed by atoms with van der Waals surface area (Å²) in [5.74, 6) is 1.95. The van der Waals surface area contributed by atoms with Crippen LogP contribution in [0.15, 0.2) is 0 Å². The topological polar surface area (TPSA) is 26.0 Å².